The van der Waals surface area contributed by atoms with Crippen molar-refractivity contribution in [2.45, 2.75) is 5.60 Å². The number of ether oxygens (including phenoxy) is 4. The molecule has 1 unspecified atom stereocenters. The SMILES string of the molecule is COc1cc2cccc(OC)c2cc1C1(c2ccc3cccc(OC)c3c2)OC(=O)c2ccccc21. The average molecular weight is 477 g/mol. The highest BCUT2D eigenvalue weighted by Crippen LogP contribution is 2.51. The third-order valence-corrected chi connectivity index (χ3v) is 7.00. The Morgan fingerprint density at radius 1 is 0.611 bits per heavy atom. The zero-order valence-corrected chi connectivity index (χ0v) is 20.2. The van der Waals surface area contributed by atoms with Crippen LogP contribution in [0, 0.1) is 0 Å². The molecule has 36 heavy (non-hydrogen) atoms. The van der Waals surface area contributed by atoms with Gasteiger partial charge in [0.15, 0.2) is 5.60 Å². The first-order chi connectivity index (χ1) is 17.6. The Hall–Kier alpha value is -4.51. The molecule has 6 rings (SSSR count). The van der Waals surface area contributed by atoms with Gasteiger partial charge in [-0.3, -0.25) is 0 Å². The van der Waals surface area contributed by atoms with Crippen LogP contribution in [-0.4, -0.2) is 27.3 Å². The van der Waals surface area contributed by atoms with E-state index < -0.39 is 5.60 Å². The molecular formula is C31H24O5. The lowest BCUT2D eigenvalue weighted by molar-refractivity contribution is 0.0246. The fraction of sp³-hybridized carbons (Fsp3) is 0.129. The van der Waals surface area contributed by atoms with Gasteiger partial charge in [-0.2, -0.15) is 0 Å². The van der Waals surface area contributed by atoms with Crippen molar-refractivity contribution in [1.29, 1.82) is 0 Å². The summed E-state index contributed by atoms with van der Waals surface area (Å²) in [6.45, 7) is 0. The Morgan fingerprint density at radius 3 is 2.00 bits per heavy atom. The van der Waals surface area contributed by atoms with Gasteiger partial charge in [0.25, 0.3) is 0 Å². The molecular weight excluding hydrogens is 452 g/mol. The first kappa shape index (κ1) is 22.0. The van der Waals surface area contributed by atoms with E-state index >= 15 is 0 Å². The molecule has 1 aliphatic rings. The Kier molecular flexibility index (Phi) is 5.07. The number of hydrogen-bond acceptors (Lipinski definition) is 5. The molecule has 178 valence electrons. The molecule has 5 aromatic carbocycles. The summed E-state index contributed by atoms with van der Waals surface area (Å²) < 4.78 is 23.6. The van der Waals surface area contributed by atoms with Crippen molar-refractivity contribution in [3.05, 3.63) is 113 Å². The molecule has 0 N–H and O–H groups in total. The molecule has 0 saturated heterocycles. The molecule has 0 aliphatic carbocycles. The number of carbonyl (C=O) groups is 1. The van der Waals surface area contributed by atoms with E-state index in [2.05, 4.69) is 0 Å². The van der Waals surface area contributed by atoms with Crippen LogP contribution in [0.5, 0.6) is 17.2 Å². The van der Waals surface area contributed by atoms with Crippen LogP contribution in [0.2, 0.25) is 0 Å². The van der Waals surface area contributed by atoms with E-state index in [0.717, 1.165) is 49.7 Å². The monoisotopic (exact) mass is 476 g/mol. The highest BCUT2D eigenvalue weighted by atomic mass is 16.6. The number of fused-ring (bicyclic) bond motifs is 3. The smallest absolute Gasteiger partial charge is 0.340 e. The maximum absolute atomic E-state index is 13.3. The van der Waals surface area contributed by atoms with Crippen LogP contribution in [0.15, 0.2) is 91.0 Å². The predicted octanol–water partition coefficient (Wildman–Crippen LogP) is 6.48. The van der Waals surface area contributed by atoms with Gasteiger partial charge in [0.1, 0.15) is 17.2 Å². The normalized spacial score (nSPS) is 16.6. The summed E-state index contributed by atoms with van der Waals surface area (Å²) in [6, 6.07) is 29.3. The highest BCUT2D eigenvalue weighted by Gasteiger charge is 2.50. The standard InChI is InChI=1S/C31H24O5/c1-33-27-12-6-8-19-14-15-21(17-23(19)27)31(25-11-5-4-10-22(25)30(32)36-31)26-18-24-20(16-29(26)35-3)9-7-13-28(24)34-2/h4-18H,1-3H3. The fourth-order valence-corrected chi connectivity index (χ4v) is 5.33. The van der Waals surface area contributed by atoms with Crippen molar-refractivity contribution < 1.29 is 23.7 Å². The maximum Gasteiger partial charge on any atom is 0.340 e. The van der Waals surface area contributed by atoms with Crippen LogP contribution in [0.25, 0.3) is 21.5 Å². The summed E-state index contributed by atoms with van der Waals surface area (Å²) >= 11 is 0. The molecule has 1 heterocycles. The Labute approximate surface area is 208 Å². The Morgan fingerprint density at radius 2 is 1.28 bits per heavy atom. The maximum atomic E-state index is 13.3. The predicted molar refractivity (Wildman–Crippen MR) is 139 cm³/mol. The molecule has 0 saturated carbocycles. The van der Waals surface area contributed by atoms with Crippen LogP contribution in [0.4, 0.5) is 0 Å². The van der Waals surface area contributed by atoms with Crippen molar-refractivity contribution in [3.63, 3.8) is 0 Å². The second-order valence-corrected chi connectivity index (χ2v) is 8.75. The number of rotatable bonds is 5. The molecule has 0 bridgehead atoms. The zero-order valence-electron chi connectivity index (χ0n) is 20.2. The van der Waals surface area contributed by atoms with Crippen molar-refractivity contribution in [3.8, 4) is 17.2 Å². The van der Waals surface area contributed by atoms with E-state index in [0.29, 0.717) is 11.3 Å². The first-order valence-corrected chi connectivity index (χ1v) is 11.7. The van der Waals surface area contributed by atoms with E-state index in [1.165, 1.54) is 0 Å². The first-order valence-electron chi connectivity index (χ1n) is 11.7. The minimum absolute atomic E-state index is 0.382. The topological polar surface area (TPSA) is 54.0 Å². The van der Waals surface area contributed by atoms with Gasteiger partial charge in [0.05, 0.1) is 26.9 Å². The third kappa shape index (κ3) is 3.06. The highest BCUT2D eigenvalue weighted by molar-refractivity contribution is 5.98. The molecule has 1 atom stereocenters. The number of cyclic esters (lactones) is 1. The molecule has 5 heteroatoms. The van der Waals surface area contributed by atoms with Gasteiger partial charge in [0, 0.05) is 27.5 Å². The van der Waals surface area contributed by atoms with Crippen LogP contribution in [0.1, 0.15) is 27.0 Å². The van der Waals surface area contributed by atoms with E-state index in [-0.39, 0.29) is 5.97 Å². The number of carbonyl (C=O) groups excluding carboxylic acids is 1. The average Bonchev–Trinajstić information content (AvgIpc) is 3.24. The van der Waals surface area contributed by atoms with Crippen LogP contribution >= 0.6 is 0 Å². The lowest BCUT2D eigenvalue weighted by atomic mass is 9.78. The molecule has 5 aromatic rings. The van der Waals surface area contributed by atoms with E-state index in [1.807, 2.05) is 84.9 Å². The van der Waals surface area contributed by atoms with Gasteiger partial charge in [-0.05, 0) is 47.2 Å². The summed E-state index contributed by atoms with van der Waals surface area (Å²) in [5.41, 5.74) is 1.57. The molecule has 0 fully saturated rings. The van der Waals surface area contributed by atoms with Gasteiger partial charge in [-0.25, -0.2) is 4.79 Å². The summed E-state index contributed by atoms with van der Waals surface area (Å²) in [5, 5.41) is 3.81. The quantitative estimate of drug-likeness (QED) is 0.272. The molecule has 5 nitrogen and oxygen atoms in total. The second-order valence-electron chi connectivity index (χ2n) is 8.75. The van der Waals surface area contributed by atoms with Gasteiger partial charge in [-0.15, -0.1) is 0 Å². The van der Waals surface area contributed by atoms with E-state index in [4.69, 9.17) is 18.9 Å². The zero-order chi connectivity index (χ0) is 24.9. The lowest BCUT2D eigenvalue weighted by Gasteiger charge is -2.32. The van der Waals surface area contributed by atoms with Gasteiger partial charge >= 0.3 is 5.97 Å². The number of hydrogen-bond donors (Lipinski definition) is 0. The van der Waals surface area contributed by atoms with Gasteiger partial charge in [0.2, 0.25) is 0 Å². The molecule has 0 radical (unpaired) electrons. The van der Waals surface area contributed by atoms with E-state index in [9.17, 15) is 4.79 Å². The van der Waals surface area contributed by atoms with Crippen molar-refractivity contribution >= 4 is 27.5 Å². The number of esters is 1. The molecule has 0 spiro atoms. The lowest BCUT2D eigenvalue weighted by Crippen LogP contribution is -2.30. The minimum atomic E-state index is -1.23. The van der Waals surface area contributed by atoms with Crippen LogP contribution in [-0.2, 0) is 10.3 Å². The fourth-order valence-electron chi connectivity index (χ4n) is 5.33. The van der Waals surface area contributed by atoms with Gasteiger partial charge < -0.3 is 18.9 Å². The summed E-state index contributed by atoms with van der Waals surface area (Å²) in [7, 11) is 4.93. The van der Waals surface area contributed by atoms with Crippen LogP contribution in [0.3, 0.4) is 0 Å². The number of methoxy groups -OCH3 is 3. The number of benzene rings is 5. The third-order valence-electron chi connectivity index (χ3n) is 7.00. The minimum Gasteiger partial charge on any atom is -0.496 e. The van der Waals surface area contributed by atoms with Crippen LogP contribution < -0.4 is 14.2 Å². The summed E-state index contributed by atoms with van der Waals surface area (Å²) in [6.07, 6.45) is 0. The Bertz CT molecular complexity index is 1650. The van der Waals surface area contributed by atoms with Crippen molar-refractivity contribution in [2.24, 2.45) is 0 Å². The summed E-state index contributed by atoms with van der Waals surface area (Å²) in [4.78, 5) is 13.3. The molecule has 0 aromatic heterocycles. The molecule has 0 amide bonds. The Balaban J connectivity index is 1.75. The van der Waals surface area contributed by atoms with Crippen molar-refractivity contribution in [1.82, 2.24) is 0 Å². The van der Waals surface area contributed by atoms with Crippen molar-refractivity contribution in [2.75, 3.05) is 21.3 Å². The summed E-state index contributed by atoms with van der Waals surface area (Å²) in [5.74, 6) is 1.70. The van der Waals surface area contributed by atoms with Gasteiger partial charge in [-0.1, -0.05) is 54.6 Å². The van der Waals surface area contributed by atoms with E-state index in [1.54, 1.807) is 27.4 Å². The molecule has 1 aliphatic heterocycles. The second kappa shape index (κ2) is 8.31. The largest absolute Gasteiger partial charge is 0.496 e.